The molecule has 0 radical (unpaired) electrons. The van der Waals surface area contributed by atoms with Gasteiger partial charge in [0, 0.05) is 37.5 Å². The number of amides is 2. The highest BCUT2D eigenvalue weighted by molar-refractivity contribution is 7.15. The molecule has 246 valence electrons. The zero-order valence-corrected chi connectivity index (χ0v) is 27.6. The van der Waals surface area contributed by atoms with E-state index in [1.54, 1.807) is 21.0 Å². The van der Waals surface area contributed by atoms with Crippen LogP contribution in [0.3, 0.4) is 0 Å². The maximum atomic E-state index is 13.8. The number of carboxylic acids is 1. The normalized spacial score (nSPS) is 21.2. The summed E-state index contributed by atoms with van der Waals surface area (Å²) >= 11 is 1.17. The number of aromatic carboxylic acids is 1. The monoisotopic (exact) mass is 623 g/mol. The van der Waals surface area contributed by atoms with Gasteiger partial charge in [-0.15, -0.1) is 11.3 Å². The highest BCUT2D eigenvalue weighted by Crippen LogP contribution is 2.38. The number of hydrogen-bond donors (Lipinski definition) is 4. The summed E-state index contributed by atoms with van der Waals surface area (Å²) < 4.78 is 4.62. The van der Waals surface area contributed by atoms with Crippen molar-refractivity contribution in [3.05, 3.63) is 15.8 Å². The summed E-state index contributed by atoms with van der Waals surface area (Å²) in [6.07, 6.45) is 6.85. The Labute approximate surface area is 263 Å². The van der Waals surface area contributed by atoms with Gasteiger partial charge in [-0.1, -0.05) is 26.2 Å². The van der Waals surface area contributed by atoms with Crippen molar-refractivity contribution in [3.8, 4) is 11.8 Å². The molecule has 1 aromatic rings. The number of hydrogen-bond acceptors (Lipinski definition) is 8. The second kappa shape index (κ2) is 19.6. The molecule has 2 amide bonds. The average Bonchev–Trinajstić information content (AvgIpc) is 3.38. The molecule has 0 aromatic carbocycles. The van der Waals surface area contributed by atoms with Crippen LogP contribution in [0.5, 0.6) is 0 Å². The summed E-state index contributed by atoms with van der Waals surface area (Å²) in [6, 6.07) is 1.99. The Morgan fingerprint density at radius 3 is 2.12 bits per heavy atom. The molecule has 0 saturated heterocycles. The molecule has 11 heteroatoms. The van der Waals surface area contributed by atoms with Crippen LogP contribution >= 0.6 is 11.3 Å². The molecule has 43 heavy (non-hydrogen) atoms. The van der Waals surface area contributed by atoms with Gasteiger partial charge in [0.05, 0.1) is 17.2 Å². The Kier molecular flexibility index (Phi) is 18.4. The zero-order chi connectivity index (χ0) is 32.0. The first kappa shape index (κ1) is 40.4. The highest BCUT2D eigenvalue weighted by Gasteiger charge is 2.37. The van der Waals surface area contributed by atoms with Crippen molar-refractivity contribution in [2.24, 2.45) is 28.7 Å². The molecule has 0 atom stereocenters. The largest absolute Gasteiger partial charge is 0.477 e. The lowest BCUT2D eigenvalue weighted by Gasteiger charge is -2.39. The fourth-order valence-corrected chi connectivity index (χ4v) is 5.74. The van der Waals surface area contributed by atoms with Gasteiger partial charge in [-0.05, 0) is 98.1 Å². The molecule has 10 nitrogen and oxygen atoms in total. The minimum atomic E-state index is -0.994. The topological polar surface area (TPSA) is 151 Å². The summed E-state index contributed by atoms with van der Waals surface area (Å²) in [6.45, 7) is 10.5. The standard InChI is InChI=1S/C25H36N2O3S.C5H12N2O2.CH5N.CH4/c1-16-5-7-17(8-6-16)23(28)27(19-11-9-18(26)10-12-19)21-15-20(13-14-25(2,3)4)31-22(21)24(29)30;1-4-9-5(8)7(3)6-2;1-2;/h15-19H,5-12,26H2,1-4H3,(H,29,30);6H,4H2,1-3H3;2H2,1H3;1H4. The van der Waals surface area contributed by atoms with Gasteiger partial charge in [0.2, 0.25) is 5.91 Å². The van der Waals surface area contributed by atoms with Crippen molar-refractivity contribution in [3.63, 3.8) is 0 Å². The van der Waals surface area contributed by atoms with E-state index in [1.807, 2.05) is 31.7 Å². The second-order valence-corrected chi connectivity index (χ2v) is 12.9. The molecule has 0 unspecified atom stereocenters. The minimum absolute atomic E-state index is 0. The van der Waals surface area contributed by atoms with E-state index in [9.17, 15) is 19.5 Å². The van der Waals surface area contributed by atoms with Crippen LogP contribution in [0.1, 0.15) is 108 Å². The average molecular weight is 624 g/mol. The van der Waals surface area contributed by atoms with Crippen molar-refractivity contribution >= 4 is 35.0 Å². The van der Waals surface area contributed by atoms with Gasteiger partial charge in [0.1, 0.15) is 4.88 Å². The van der Waals surface area contributed by atoms with Crippen molar-refractivity contribution < 1.29 is 24.2 Å². The summed E-state index contributed by atoms with van der Waals surface area (Å²) in [7, 11) is 4.74. The van der Waals surface area contributed by atoms with Crippen molar-refractivity contribution in [2.75, 3.05) is 32.6 Å². The van der Waals surface area contributed by atoms with Crippen LogP contribution in [0.25, 0.3) is 0 Å². The SMILES string of the molecule is C.CC1CCC(C(=O)N(c2cc(C#CC(C)(C)C)sc2C(=O)O)C2CCC(N)CC2)CC1.CCOC(=O)N(C)NC.CN. The zero-order valence-electron chi connectivity index (χ0n) is 26.8. The third-order valence-electron chi connectivity index (χ3n) is 7.31. The van der Waals surface area contributed by atoms with E-state index in [-0.39, 0.29) is 47.7 Å². The molecular formula is C32H57N5O5S. The van der Waals surface area contributed by atoms with E-state index < -0.39 is 5.97 Å². The number of carbonyl (C=O) groups excluding carboxylic acids is 2. The van der Waals surface area contributed by atoms with Crippen molar-refractivity contribution in [1.82, 2.24) is 10.4 Å². The van der Waals surface area contributed by atoms with E-state index in [4.69, 9.17) is 5.73 Å². The number of hydrazine groups is 1. The maximum Gasteiger partial charge on any atom is 0.423 e. The quantitative estimate of drug-likeness (QED) is 0.233. The fourth-order valence-electron chi connectivity index (χ4n) is 4.89. The van der Waals surface area contributed by atoms with Crippen LogP contribution in [0.4, 0.5) is 10.5 Å². The first-order chi connectivity index (χ1) is 19.8. The smallest absolute Gasteiger partial charge is 0.423 e. The molecule has 0 bridgehead atoms. The van der Waals surface area contributed by atoms with Gasteiger partial charge in [0.15, 0.2) is 0 Å². The molecule has 2 saturated carbocycles. The first-order valence-electron chi connectivity index (χ1n) is 14.9. The van der Waals surface area contributed by atoms with Crippen LogP contribution < -0.4 is 21.8 Å². The lowest BCUT2D eigenvalue weighted by Crippen LogP contribution is -2.47. The van der Waals surface area contributed by atoms with E-state index >= 15 is 0 Å². The molecule has 0 spiro atoms. The van der Waals surface area contributed by atoms with E-state index in [1.165, 1.54) is 23.4 Å². The van der Waals surface area contributed by atoms with Crippen molar-refractivity contribution in [2.45, 2.75) is 105 Å². The number of carbonyl (C=O) groups is 3. The predicted molar refractivity (Wildman–Crippen MR) is 177 cm³/mol. The lowest BCUT2D eigenvalue weighted by atomic mass is 9.81. The molecule has 2 fully saturated rings. The molecule has 1 heterocycles. The predicted octanol–water partition coefficient (Wildman–Crippen LogP) is 5.69. The number of ether oxygens (including phenoxy) is 1. The van der Waals surface area contributed by atoms with Crippen LogP contribution in [-0.4, -0.2) is 67.9 Å². The number of nitrogens with two attached hydrogens (primary N) is 2. The van der Waals surface area contributed by atoms with Gasteiger partial charge >= 0.3 is 12.1 Å². The Balaban J connectivity index is 0.00000126. The fraction of sp³-hybridized carbons (Fsp3) is 0.719. The molecule has 2 aliphatic rings. The number of thiophene rings is 1. The van der Waals surface area contributed by atoms with Crippen LogP contribution in [0.15, 0.2) is 6.07 Å². The second-order valence-electron chi connectivity index (χ2n) is 11.8. The third kappa shape index (κ3) is 13.3. The maximum absolute atomic E-state index is 13.8. The van der Waals surface area contributed by atoms with Crippen LogP contribution in [-0.2, 0) is 9.53 Å². The molecular weight excluding hydrogens is 566 g/mol. The van der Waals surface area contributed by atoms with Crippen LogP contribution in [0.2, 0.25) is 0 Å². The minimum Gasteiger partial charge on any atom is -0.477 e. The summed E-state index contributed by atoms with van der Waals surface area (Å²) in [4.78, 5) is 39.2. The number of nitrogens with one attached hydrogen (secondary N) is 1. The van der Waals surface area contributed by atoms with Gasteiger partial charge in [-0.25, -0.2) is 20.0 Å². The van der Waals surface area contributed by atoms with Gasteiger partial charge in [-0.2, -0.15) is 0 Å². The van der Waals surface area contributed by atoms with E-state index in [2.05, 4.69) is 34.7 Å². The van der Waals surface area contributed by atoms with Gasteiger partial charge in [-0.3, -0.25) is 4.79 Å². The Bertz CT molecular complexity index is 1060. The van der Waals surface area contributed by atoms with E-state index in [0.29, 0.717) is 23.1 Å². The summed E-state index contributed by atoms with van der Waals surface area (Å²) in [5.41, 5.74) is 13.6. The van der Waals surface area contributed by atoms with Gasteiger partial charge in [0.25, 0.3) is 0 Å². The lowest BCUT2D eigenvalue weighted by molar-refractivity contribution is -0.124. The van der Waals surface area contributed by atoms with E-state index in [0.717, 1.165) is 51.4 Å². The number of carboxylic acid groups (broad SMARTS) is 1. The Morgan fingerprint density at radius 1 is 1.09 bits per heavy atom. The molecule has 1 aromatic heterocycles. The number of anilines is 1. The molecule has 3 rings (SSSR count). The molecule has 0 aliphatic heterocycles. The van der Waals surface area contributed by atoms with Crippen LogP contribution in [0, 0.1) is 29.1 Å². The number of rotatable bonds is 6. The molecule has 6 N–H and O–H groups in total. The Hall–Kier alpha value is -2.65. The number of nitrogens with zero attached hydrogens (tertiary/aromatic N) is 2. The first-order valence-corrected chi connectivity index (χ1v) is 15.7. The Morgan fingerprint density at radius 2 is 1.65 bits per heavy atom. The third-order valence-corrected chi connectivity index (χ3v) is 8.34. The highest BCUT2D eigenvalue weighted by atomic mass is 32.1. The van der Waals surface area contributed by atoms with Gasteiger partial charge < -0.3 is 26.2 Å². The van der Waals surface area contributed by atoms with Crippen molar-refractivity contribution in [1.29, 1.82) is 0 Å². The summed E-state index contributed by atoms with van der Waals surface area (Å²) in [5, 5.41) is 11.2. The summed E-state index contributed by atoms with van der Waals surface area (Å²) in [5.74, 6) is 6.04. The molecule has 2 aliphatic carbocycles.